The maximum atomic E-state index is 14.6. The first-order chi connectivity index (χ1) is 27.3. The normalized spacial score (nSPS) is 16.3. The summed E-state index contributed by atoms with van der Waals surface area (Å²) in [5, 5.41) is 0.836. The van der Waals surface area contributed by atoms with Gasteiger partial charge in [-0.05, 0) is 60.7 Å². The minimum absolute atomic E-state index is 0.0403. The first-order valence-electron chi connectivity index (χ1n) is 16.7. The molecule has 0 unspecified atom stereocenters. The van der Waals surface area contributed by atoms with E-state index in [0.717, 1.165) is 39.1 Å². The van der Waals surface area contributed by atoms with Crippen LogP contribution in [0.1, 0.15) is 0 Å². The van der Waals surface area contributed by atoms with Crippen molar-refractivity contribution in [2.24, 2.45) is 0 Å². The third kappa shape index (κ3) is 3.52. The number of rotatable bonds is 2. The Morgan fingerprint density at radius 1 is 0.500 bits per heavy atom. The Labute approximate surface area is 319 Å². The second kappa shape index (κ2) is 9.25. The van der Waals surface area contributed by atoms with Crippen LogP contribution in [0.5, 0.6) is 11.5 Å². The van der Waals surface area contributed by atoms with Crippen LogP contribution in [0.15, 0.2) is 89.8 Å². The Bertz CT molecular complexity index is 4490. The van der Waals surface area contributed by atoms with Gasteiger partial charge in [-0.3, -0.25) is 27.5 Å². The van der Waals surface area contributed by atoms with Crippen LogP contribution in [0.4, 0.5) is 0 Å². The number of benzene rings is 7. The predicted octanol–water partition coefficient (Wildman–Crippen LogP) is 3.90. The van der Waals surface area contributed by atoms with Crippen LogP contribution in [-0.2, 0) is 40.5 Å². The van der Waals surface area contributed by atoms with E-state index in [1.54, 1.807) is 0 Å². The number of hydrogen-bond acceptors (Lipinski definition) is 14. The predicted molar refractivity (Wildman–Crippen MR) is 205 cm³/mol. The van der Waals surface area contributed by atoms with Gasteiger partial charge in [0.15, 0.2) is 11.5 Å². The van der Waals surface area contributed by atoms with Gasteiger partial charge in [0.25, 0.3) is 31.4 Å². The number of hydrogen-bond donors (Lipinski definition) is 2. The van der Waals surface area contributed by atoms with Gasteiger partial charge in [-0.2, -0.15) is 33.7 Å². The van der Waals surface area contributed by atoms with E-state index in [0.29, 0.717) is 0 Å². The van der Waals surface area contributed by atoms with E-state index in [4.69, 9.17) is 8.37 Å². The summed E-state index contributed by atoms with van der Waals surface area (Å²) in [6.07, 6.45) is 0. The largest absolute Gasteiger partial charge is 0.378 e. The van der Waals surface area contributed by atoms with Crippen molar-refractivity contribution in [2.45, 2.75) is 19.6 Å². The van der Waals surface area contributed by atoms with E-state index in [1.807, 2.05) is 0 Å². The van der Waals surface area contributed by atoms with Crippen molar-refractivity contribution in [2.75, 3.05) is 0 Å². The zero-order chi connectivity index (χ0) is 40.1. The zero-order valence-corrected chi connectivity index (χ0v) is 31.3. The smallest absolute Gasteiger partial charge is 0.339 e. The number of imidazole rings is 2. The summed E-state index contributed by atoms with van der Waals surface area (Å²) in [6.45, 7) is 0. The van der Waals surface area contributed by atoms with E-state index >= 15 is 0 Å². The van der Waals surface area contributed by atoms with Crippen LogP contribution in [0, 0.1) is 0 Å². The van der Waals surface area contributed by atoms with Crippen LogP contribution in [0.3, 0.4) is 0 Å². The number of aromatic nitrogens is 4. The quantitative estimate of drug-likeness (QED) is 0.108. The molecule has 284 valence electrons. The lowest BCUT2D eigenvalue weighted by molar-refractivity contribution is 0.481. The van der Waals surface area contributed by atoms with Gasteiger partial charge < -0.3 is 8.37 Å². The number of pyridine rings is 2. The molecule has 0 atom stereocenters. The average Bonchev–Trinajstić information content (AvgIpc) is 3.73. The molecule has 18 nitrogen and oxygen atoms in total. The Kier molecular flexibility index (Phi) is 5.19. The maximum Gasteiger partial charge on any atom is 0.339 e. The van der Waals surface area contributed by atoms with Gasteiger partial charge in [-0.1, -0.05) is 0 Å². The van der Waals surface area contributed by atoms with Crippen LogP contribution in [-0.4, -0.2) is 61.5 Å². The lowest BCUT2D eigenvalue weighted by Crippen LogP contribution is -2.21. The molecule has 0 spiro atoms. The molecular formula is C36H12N4O14S4. The van der Waals surface area contributed by atoms with Crippen LogP contribution >= 0.6 is 0 Å². The molecule has 6 heterocycles. The second-order valence-electron chi connectivity index (χ2n) is 14.2. The molecule has 2 N–H and O–H groups in total. The van der Waals surface area contributed by atoms with Gasteiger partial charge >= 0.3 is 20.2 Å². The van der Waals surface area contributed by atoms with Crippen molar-refractivity contribution >= 4 is 138 Å². The molecule has 0 bridgehead atoms. The molecule has 0 fully saturated rings. The highest BCUT2D eigenvalue weighted by atomic mass is 32.2. The summed E-state index contributed by atoms with van der Waals surface area (Å²) in [6, 6.07) is 11.7. The Hall–Kier alpha value is -6.56. The van der Waals surface area contributed by atoms with Gasteiger partial charge in [0, 0.05) is 53.9 Å². The molecule has 2 aliphatic rings. The fourth-order valence-electron chi connectivity index (χ4n) is 9.15. The summed E-state index contributed by atoms with van der Waals surface area (Å²) < 4.78 is 138. The second-order valence-corrected chi connectivity index (χ2v) is 20.0. The van der Waals surface area contributed by atoms with E-state index in [2.05, 4.69) is 9.97 Å². The molecule has 11 aromatic rings. The Balaban J connectivity index is 1.33. The number of nitrogens with zero attached hydrogens (tertiary/aromatic N) is 4. The third-order valence-corrected chi connectivity index (χ3v) is 15.5. The maximum absolute atomic E-state index is 14.6. The van der Waals surface area contributed by atoms with E-state index in [1.165, 1.54) is 30.3 Å². The highest BCUT2D eigenvalue weighted by molar-refractivity contribution is 7.88. The Morgan fingerprint density at radius 3 is 1.34 bits per heavy atom. The SMILES string of the molecule is O=c1c2cc3c4c5c(cc6c(=O)n7c8cc(S(=O)(=O)O)ccc8nc7c7cc8c(c9c(cc(c2c94)c2nc4ccc(S(=O)(=O)O)cc4n12)OS8(=O)=O)c5c67)OS3(=O)=O. The van der Waals surface area contributed by atoms with E-state index < -0.39 is 66.3 Å². The van der Waals surface area contributed by atoms with Crippen molar-refractivity contribution < 1.29 is 51.1 Å². The minimum atomic E-state index is -4.81. The molecule has 0 radical (unpaired) electrons. The molecule has 0 saturated heterocycles. The first kappa shape index (κ1) is 32.5. The molecule has 2 aliphatic heterocycles. The van der Waals surface area contributed by atoms with Crippen molar-refractivity contribution in [3.8, 4) is 11.5 Å². The van der Waals surface area contributed by atoms with Crippen molar-refractivity contribution in [3.05, 3.63) is 81.4 Å². The fourth-order valence-corrected chi connectivity index (χ4v) is 12.5. The molecule has 0 saturated carbocycles. The lowest BCUT2D eigenvalue weighted by Gasteiger charge is -2.28. The molecule has 22 heteroatoms. The molecular weight excluding hydrogens is 841 g/mol. The third-order valence-electron chi connectivity index (χ3n) is 11.3. The topological polar surface area (TPSA) is 264 Å². The fraction of sp³-hybridized carbons (Fsp3) is 0. The van der Waals surface area contributed by atoms with Gasteiger partial charge in [-0.15, -0.1) is 0 Å². The van der Waals surface area contributed by atoms with Crippen LogP contribution in [0.25, 0.3) is 98.0 Å². The van der Waals surface area contributed by atoms with E-state index in [-0.39, 0.29) is 114 Å². The standard InChI is InChI=1S/C36H12N4O14S4/c41-35-15-8-22-28-30-24(58(51,52)54-22)10-16-25-13(33-37-17-3-1-11(55(43,44)45)5-19(17)39(33)36(16)42)7-21-27(31(25)30)29-23(57(49,50)53-21)9-14(26(15)32(28)29)34-38-18-4-2-12(56(46,47)48)6-20(18)40(34)35/h1-10H,(H,43,44,45)(H,46,47,48). The first-order valence-corrected chi connectivity index (χ1v) is 22.4. The van der Waals surface area contributed by atoms with Gasteiger partial charge in [-0.25, -0.2) is 9.97 Å². The number of fused-ring (bicyclic) bond motifs is 8. The molecule has 4 aromatic heterocycles. The molecule has 0 amide bonds. The minimum Gasteiger partial charge on any atom is -0.378 e. The van der Waals surface area contributed by atoms with Crippen molar-refractivity contribution in [3.63, 3.8) is 0 Å². The van der Waals surface area contributed by atoms with E-state index in [9.17, 15) is 52.4 Å². The summed E-state index contributed by atoms with van der Waals surface area (Å²) in [5.74, 6) is -0.594. The highest BCUT2D eigenvalue weighted by Gasteiger charge is 2.40. The molecule has 0 aliphatic carbocycles. The van der Waals surface area contributed by atoms with Crippen molar-refractivity contribution in [1.29, 1.82) is 0 Å². The summed E-state index contributed by atoms with van der Waals surface area (Å²) >= 11 is 0. The summed E-state index contributed by atoms with van der Waals surface area (Å²) in [5.41, 5.74) is -1.61. The van der Waals surface area contributed by atoms with Crippen molar-refractivity contribution in [1.82, 2.24) is 18.8 Å². The van der Waals surface area contributed by atoms with Crippen LogP contribution in [0.2, 0.25) is 0 Å². The molecule has 13 rings (SSSR count). The van der Waals surface area contributed by atoms with Gasteiger partial charge in [0.1, 0.15) is 21.1 Å². The van der Waals surface area contributed by atoms with Gasteiger partial charge in [0.2, 0.25) is 0 Å². The Morgan fingerprint density at radius 2 is 0.897 bits per heavy atom. The van der Waals surface area contributed by atoms with Gasteiger partial charge in [0.05, 0.1) is 42.6 Å². The van der Waals surface area contributed by atoms with Crippen LogP contribution < -0.4 is 19.5 Å². The monoisotopic (exact) mass is 852 g/mol. The molecule has 7 aromatic carbocycles. The zero-order valence-electron chi connectivity index (χ0n) is 28.0. The molecule has 58 heavy (non-hydrogen) atoms. The highest BCUT2D eigenvalue weighted by Crippen LogP contribution is 2.57. The summed E-state index contributed by atoms with van der Waals surface area (Å²) in [7, 11) is -19.0. The summed E-state index contributed by atoms with van der Waals surface area (Å²) in [4.78, 5) is 36.3. The lowest BCUT2D eigenvalue weighted by atomic mass is 9.85. The average molecular weight is 853 g/mol.